The first-order valence-corrected chi connectivity index (χ1v) is 11.9. The fourth-order valence-corrected chi connectivity index (χ4v) is 4.47. The van der Waals surface area contributed by atoms with Gasteiger partial charge in [-0.25, -0.2) is 0 Å². The summed E-state index contributed by atoms with van der Waals surface area (Å²) in [5, 5.41) is 6.16. The van der Waals surface area contributed by atoms with Crippen LogP contribution in [-0.2, 0) is 4.79 Å². The lowest BCUT2D eigenvalue weighted by Crippen LogP contribution is -2.24. The fraction of sp³-hybridized carbons (Fsp3) is 0.231. The summed E-state index contributed by atoms with van der Waals surface area (Å²) >= 11 is 7.62. The number of halogens is 1. The van der Waals surface area contributed by atoms with Crippen molar-refractivity contribution in [1.29, 1.82) is 0 Å². The summed E-state index contributed by atoms with van der Waals surface area (Å²) in [6.07, 6.45) is 0.630. The predicted octanol–water partition coefficient (Wildman–Crippen LogP) is 6.73. The highest BCUT2D eigenvalue weighted by Gasteiger charge is 2.20. The lowest BCUT2D eigenvalue weighted by molar-refractivity contribution is -0.115. The van der Waals surface area contributed by atoms with Crippen LogP contribution in [-0.4, -0.2) is 24.2 Å². The van der Waals surface area contributed by atoms with Crippen LogP contribution in [0.2, 0.25) is 5.02 Å². The molecule has 0 saturated heterocycles. The smallest absolute Gasteiger partial charge is 0.255 e. The van der Waals surface area contributed by atoms with E-state index in [1.165, 1.54) is 11.8 Å². The standard InChI is InChI=1S/C26H27ClN2O3S/c1-5-24(26(31)29-22-13-17(3)21(27)15-23(22)32-4)33-19-11-8-10-18(14-19)28-25(30)20-12-7-6-9-16(20)2/h6-15,24H,5H2,1-4H3,(H,28,30)(H,29,31). The van der Waals surface area contributed by atoms with Crippen molar-refractivity contribution in [2.75, 3.05) is 17.7 Å². The van der Waals surface area contributed by atoms with E-state index in [0.29, 0.717) is 34.1 Å². The summed E-state index contributed by atoms with van der Waals surface area (Å²) in [5.74, 6) is 0.224. The minimum absolute atomic E-state index is 0.128. The molecule has 0 aromatic heterocycles. The van der Waals surface area contributed by atoms with E-state index < -0.39 is 0 Å². The van der Waals surface area contributed by atoms with Crippen LogP contribution in [0.1, 0.15) is 34.8 Å². The average Bonchev–Trinajstić information content (AvgIpc) is 2.80. The normalized spacial score (nSPS) is 11.5. The average molecular weight is 483 g/mol. The molecule has 3 aromatic rings. The monoisotopic (exact) mass is 482 g/mol. The Kier molecular flexibility index (Phi) is 8.42. The zero-order valence-corrected chi connectivity index (χ0v) is 20.6. The van der Waals surface area contributed by atoms with Crippen LogP contribution in [0.5, 0.6) is 5.75 Å². The van der Waals surface area contributed by atoms with Crippen molar-refractivity contribution in [3.8, 4) is 5.75 Å². The zero-order chi connectivity index (χ0) is 24.0. The Morgan fingerprint density at radius 1 is 1.00 bits per heavy atom. The van der Waals surface area contributed by atoms with Gasteiger partial charge in [0.25, 0.3) is 5.91 Å². The molecule has 0 bridgehead atoms. The summed E-state index contributed by atoms with van der Waals surface area (Å²) in [6.45, 7) is 5.74. The van der Waals surface area contributed by atoms with Gasteiger partial charge in [0, 0.05) is 27.2 Å². The van der Waals surface area contributed by atoms with Crippen LogP contribution in [0, 0.1) is 13.8 Å². The highest BCUT2D eigenvalue weighted by atomic mass is 35.5. The molecule has 5 nitrogen and oxygen atoms in total. The molecule has 2 amide bonds. The third-order valence-electron chi connectivity index (χ3n) is 5.16. The number of aryl methyl sites for hydroxylation is 2. The van der Waals surface area contributed by atoms with Gasteiger partial charge in [-0.3, -0.25) is 9.59 Å². The first kappa shape index (κ1) is 24.7. The van der Waals surface area contributed by atoms with Crippen molar-refractivity contribution in [2.45, 2.75) is 37.3 Å². The first-order chi connectivity index (χ1) is 15.8. The van der Waals surface area contributed by atoms with Gasteiger partial charge in [-0.05, 0) is 61.7 Å². The maximum absolute atomic E-state index is 13.0. The molecule has 0 aliphatic carbocycles. The maximum Gasteiger partial charge on any atom is 0.255 e. The Morgan fingerprint density at radius 3 is 2.45 bits per heavy atom. The van der Waals surface area contributed by atoms with Crippen LogP contribution in [0.4, 0.5) is 11.4 Å². The van der Waals surface area contributed by atoms with Crippen molar-refractivity contribution in [1.82, 2.24) is 0 Å². The van der Waals surface area contributed by atoms with Gasteiger partial charge in [-0.2, -0.15) is 0 Å². The summed E-state index contributed by atoms with van der Waals surface area (Å²) < 4.78 is 5.37. The van der Waals surface area contributed by atoms with Gasteiger partial charge < -0.3 is 15.4 Å². The summed E-state index contributed by atoms with van der Waals surface area (Å²) in [7, 11) is 1.54. The number of hydrogen-bond donors (Lipinski definition) is 2. The molecule has 33 heavy (non-hydrogen) atoms. The van der Waals surface area contributed by atoms with E-state index >= 15 is 0 Å². The van der Waals surface area contributed by atoms with E-state index in [2.05, 4.69) is 10.6 Å². The van der Waals surface area contributed by atoms with Crippen LogP contribution >= 0.6 is 23.4 Å². The van der Waals surface area contributed by atoms with E-state index in [1.807, 2.05) is 63.2 Å². The van der Waals surface area contributed by atoms with Crippen LogP contribution in [0.25, 0.3) is 0 Å². The number of rotatable bonds is 8. The van der Waals surface area contributed by atoms with Crippen molar-refractivity contribution in [3.63, 3.8) is 0 Å². The minimum atomic E-state index is -0.326. The van der Waals surface area contributed by atoms with Gasteiger partial charge in [-0.15, -0.1) is 11.8 Å². The topological polar surface area (TPSA) is 67.4 Å². The highest BCUT2D eigenvalue weighted by molar-refractivity contribution is 8.00. The molecule has 0 aliphatic heterocycles. The molecule has 0 heterocycles. The number of carbonyl (C=O) groups excluding carboxylic acids is 2. The number of nitrogens with one attached hydrogen (secondary N) is 2. The third-order valence-corrected chi connectivity index (χ3v) is 6.93. The second kappa shape index (κ2) is 11.3. The van der Waals surface area contributed by atoms with E-state index in [1.54, 1.807) is 25.3 Å². The molecular weight excluding hydrogens is 456 g/mol. The number of methoxy groups -OCH3 is 1. The number of carbonyl (C=O) groups is 2. The molecule has 3 aromatic carbocycles. The Morgan fingerprint density at radius 2 is 1.76 bits per heavy atom. The minimum Gasteiger partial charge on any atom is -0.495 e. The Labute approximate surface area is 203 Å². The Balaban J connectivity index is 1.71. The van der Waals surface area contributed by atoms with Crippen molar-refractivity contribution in [3.05, 3.63) is 82.4 Å². The van der Waals surface area contributed by atoms with Gasteiger partial charge in [-0.1, -0.05) is 42.8 Å². The van der Waals surface area contributed by atoms with Gasteiger partial charge in [0.2, 0.25) is 5.91 Å². The van der Waals surface area contributed by atoms with Crippen molar-refractivity contribution < 1.29 is 14.3 Å². The maximum atomic E-state index is 13.0. The lowest BCUT2D eigenvalue weighted by Gasteiger charge is -2.17. The van der Waals surface area contributed by atoms with Crippen LogP contribution in [0.3, 0.4) is 0 Å². The molecule has 0 radical (unpaired) electrons. The molecule has 3 rings (SSSR count). The number of benzene rings is 3. The van der Waals surface area contributed by atoms with Crippen molar-refractivity contribution >= 4 is 46.6 Å². The molecule has 1 atom stereocenters. The quantitative estimate of drug-likeness (QED) is 0.349. The molecule has 172 valence electrons. The SMILES string of the molecule is CCC(Sc1cccc(NC(=O)c2ccccc2C)c1)C(=O)Nc1cc(C)c(Cl)cc1OC. The lowest BCUT2D eigenvalue weighted by atomic mass is 10.1. The molecule has 0 fully saturated rings. The molecule has 7 heteroatoms. The van der Waals surface area contributed by atoms with E-state index in [9.17, 15) is 9.59 Å². The summed E-state index contributed by atoms with van der Waals surface area (Å²) in [5.41, 5.74) is 3.66. The third kappa shape index (κ3) is 6.30. The summed E-state index contributed by atoms with van der Waals surface area (Å²) in [6, 6.07) is 18.5. The van der Waals surface area contributed by atoms with Crippen LogP contribution < -0.4 is 15.4 Å². The molecule has 2 N–H and O–H groups in total. The predicted molar refractivity (Wildman–Crippen MR) is 137 cm³/mol. The van der Waals surface area contributed by atoms with E-state index in [0.717, 1.165) is 16.0 Å². The molecule has 1 unspecified atom stereocenters. The first-order valence-electron chi connectivity index (χ1n) is 10.6. The second-order valence-corrected chi connectivity index (χ2v) is 9.29. The number of anilines is 2. The van der Waals surface area contributed by atoms with Gasteiger partial charge in [0.15, 0.2) is 0 Å². The second-order valence-electron chi connectivity index (χ2n) is 7.60. The number of ether oxygens (including phenoxy) is 1. The van der Waals surface area contributed by atoms with Crippen LogP contribution in [0.15, 0.2) is 65.6 Å². The largest absolute Gasteiger partial charge is 0.495 e. The molecular formula is C26H27ClN2O3S. The Hall–Kier alpha value is -2.96. The molecule has 0 spiro atoms. The van der Waals surface area contributed by atoms with Crippen molar-refractivity contribution in [2.24, 2.45) is 0 Å². The zero-order valence-electron chi connectivity index (χ0n) is 19.1. The summed E-state index contributed by atoms with van der Waals surface area (Å²) in [4.78, 5) is 26.5. The van der Waals surface area contributed by atoms with E-state index in [-0.39, 0.29) is 17.1 Å². The van der Waals surface area contributed by atoms with E-state index in [4.69, 9.17) is 16.3 Å². The molecule has 0 aliphatic rings. The molecule has 0 saturated carbocycles. The van der Waals surface area contributed by atoms with Gasteiger partial charge >= 0.3 is 0 Å². The number of hydrogen-bond acceptors (Lipinski definition) is 4. The number of amides is 2. The van der Waals surface area contributed by atoms with Gasteiger partial charge in [0.1, 0.15) is 5.75 Å². The van der Waals surface area contributed by atoms with Gasteiger partial charge in [0.05, 0.1) is 18.0 Å². The Bertz CT molecular complexity index is 1170. The fourth-order valence-electron chi connectivity index (χ4n) is 3.30. The number of thioether (sulfide) groups is 1. The highest BCUT2D eigenvalue weighted by Crippen LogP contribution is 2.33.